The molecule has 1 heterocycles. The van der Waals surface area contributed by atoms with Crippen molar-refractivity contribution in [3.05, 3.63) is 64.0 Å². The van der Waals surface area contributed by atoms with E-state index in [9.17, 15) is 32.5 Å². The van der Waals surface area contributed by atoms with E-state index in [4.69, 9.17) is 4.74 Å². The van der Waals surface area contributed by atoms with E-state index in [1.54, 1.807) is 6.92 Å². The van der Waals surface area contributed by atoms with Gasteiger partial charge in [0.2, 0.25) is 9.84 Å². The van der Waals surface area contributed by atoms with E-state index in [2.05, 4.69) is 0 Å². The number of benzene rings is 2. The van der Waals surface area contributed by atoms with Crippen molar-refractivity contribution in [3.8, 4) is 0 Å². The second kappa shape index (κ2) is 9.43. The Labute approximate surface area is 183 Å². The zero-order chi connectivity index (χ0) is 23.5. The van der Waals surface area contributed by atoms with Gasteiger partial charge in [-0.25, -0.2) is 12.8 Å². The number of amides is 1. The van der Waals surface area contributed by atoms with E-state index in [0.717, 1.165) is 36.4 Å². The number of hydrogen-bond acceptors (Lipinski definition) is 7. The smallest absolute Gasteiger partial charge is 0.310 e. The van der Waals surface area contributed by atoms with Gasteiger partial charge in [-0.2, -0.15) is 0 Å². The molecule has 32 heavy (non-hydrogen) atoms. The van der Waals surface area contributed by atoms with Crippen LogP contribution in [0.3, 0.4) is 0 Å². The lowest BCUT2D eigenvalue weighted by Gasteiger charge is -2.31. The van der Waals surface area contributed by atoms with Gasteiger partial charge >= 0.3 is 5.97 Å². The SMILES string of the molecule is CCOC(=O)[C@@H]1CCCN(C(=O)c2ccc(S(=O)(=O)c3ccc(F)cc3)c([N+](=O)[O-])c2)C1. The summed E-state index contributed by atoms with van der Waals surface area (Å²) < 4.78 is 43.9. The van der Waals surface area contributed by atoms with Crippen LogP contribution in [-0.2, 0) is 19.4 Å². The van der Waals surface area contributed by atoms with Gasteiger partial charge in [0, 0.05) is 24.7 Å². The molecule has 2 aromatic carbocycles. The summed E-state index contributed by atoms with van der Waals surface area (Å²) in [5, 5.41) is 11.6. The van der Waals surface area contributed by atoms with E-state index in [1.807, 2.05) is 0 Å². The molecule has 3 rings (SSSR count). The third-order valence-electron chi connectivity index (χ3n) is 5.14. The van der Waals surface area contributed by atoms with Crippen molar-refractivity contribution < 1.29 is 32.1 Å². The Kier molecular flexibility index (Phi) is 6.87. The summed E-state index contributed by atoms with van der Waals surface area (Å²) in [7, 11) is -4.32. The number of carbonyl (C=O) groups is 2. The fraction of sp³-hybridized carbons (Fsp3) is 0.333. The number of esters is 1. The number of nitrogens with zero attached hydrogens (tertiary/aromatic N) is 2. The molecule has 0 radical (unpaired) electrons. The first-order chi connectivity index (χ1) is 15.1. The predicted molar refractivity (Wildman–Crippen MR) is 110 cm³/mol. The number of sulfone groups is 1. The maximum atomic E-state index is 13.1. The summed E-state index contributed by atoms with van der Waals surface area (Å²) >= 11 is 0. The van der Waals surface area contributed by atoms with Gasteiger partial charge in [0.15, 0.2) is 0 Å². The molecule has 1 atom stereocenters. The Bertz CT molecular complexity index is 1150. The van der Waals surface area contributed by atoms with E-state index >= 15 is 0 Å². The molecule has 1 amide bonds. The molecular formula is C21H21FN2O7S. The second-order valence-corrected chi connectivity index (χ2v) is 9.16. The lowest BCUT2D eigenvalue weighted by Crippen LogP contribution is -2.42. The number of carbonyl (C=O) groups excluding carboxylic acids is 2. The molecule has 0 saturated carbocycles. The highest BCUT2D eigenvalue weighted by Crippen LogP contribution is 2.31. The van der Waals surface area contributed by atoms with Crippen molar-refractivity contribution in [2.75, 3.05) is 19.7 Å². The number of ether oxygens (including phenoxy) is 1. The van der Waals surface area contributed by atoms with Crippen molar-refractivity contribution in [3.63, 3.8) is 0 Å². The highest BCUT2D eigenvalue weighted by molar-refractivity contribution is 7.91. The second-order valence-electron chi connectivity index (χ2n) is 7.24. The number of hydrogen-bond donors (Lipinski definition) is 0. The maximum absolute atomic E-state index is 13.1. The number of nitro benzene ring substituents is 1. The van der Waals surface area contributed by atoms with Gasteiger partial charge in [0.25, 0.3) is 11.6 Å². The Balaban J connectivity index is 1.92. The van der Waals surface area contributed by atoms with Crippen molar-refractivity contribution in [1.29, 1.82) is 0 Å². The van der Waals surface area contributed by atoms with Crippen molar-refractivity contribution in [1.82, 2.24) is 4.90 Å². The number of halogens is 1. The van der Waals surface area contributed by atoms with Gasteiger partial charge in [-0.1, -0.05) is 0 Å². The average Bonchev–Trinajstić information content (AvgIpc) is 2.78. The Hall–Kier alpha value is -3.34. The summed E-state index contributed by atoms with van der Waals surface area (Å²) in [5.74, 6) is -2.09. The summed E-state index contributed by atoms with van der Waals surface area (Å²) in [5.41, 5.74) is -0.835. The summed E-state index contributed by atoms with van der Waals surface area (Å²) in [4.78, 5) is 36.2. The number of nitro groups is 1. The van der Waals surface area contributed by atoms with E-state index < -0.39 is 49.0 Å². The molecule has 170 valence electrons. The molecule has 1 aliphatic heterocycles. The van der Waals surface area contributed by atoms with Gasteiger partial charge in [-0.15, -0.1) is 0 Å². The third kappa shape index (κ3) is 4.77. The van der Waals surface area contributed by atoms with Crippen LogP contribution in [0.15, 0.2) is 52.3 Å². The van der Waals surface area contributed by atoms with Crippen molar-refractivity contribution in [2.45, 2.75) is 29.6 Å². The average molecular weight is 464 g/mol. The molecule has 0 unspecified atom stereocenters. The first-order valence-electron chi connectivity index (χ1n) is 9.90. The van der Waals surface area contributed by atoms with E-state index in [0.29, 0.717) is 19.4 Å². The van der Waals surface area contributed by atoms with Gasteiger partial charge in [-0.05, 0) is 56.2 Å². The molecule has 1 fully saturated rings. The Morgan fingerprint density at radius 3 is 2.53 bits per heavy atom. The minimum absolute atomic E-state index is 0.0701. The molecule has 0 bridgehead atoms. The molecule has 1 aliphatic rings. The molecule has 0 aliphatic carbocycles. The van der Waals surface area contributed by atoms with Gasteiger partial charge < -0.3 is 9.64 Å². The first kappa shape index (κ1) is 23.3. The standard InChI is InChI=1S/C21H21FN2O7S/c1-2-31-21(26)15-4-3-11-23(13-15)20(25)14-5-10-19(18(12-14)24(27)28)32(29,30)17-8-6-16(22)7-9-17/h5-10,12,15H,2-4,11,13H2,1H3/t15-/m1/s1. The lowest BCUT2D eigenvalue weighted by atomic mass is 9.97. The Morgan fingerprint density at radius 2 is 1.91 bits per heavy atom. The molecule has 9 nitrogen and oxygen atoms in total. The topological polar surface area (TPSA) is 124 Å². The van der Waals surface area contributed by atoms with Crippen LogP contribution in [0.5, 0.6) is 0 Å². The van der Waals surface area contributed by atoms with Crippen molar-refractivity contribution >= 4 is 27.4 Å². The quantitative estimate of drug-likeness (QED) is 0.279. The fourth-order valence-electron chi connectivity index (χ4n) is 3.56. The van der Waals surface area contributed by atoms with Crippen LogP contribution in [0.2, 0.25) is 0 Å². The summed E-state index contributed by atoms with van der Waals surface area (Å²) in [6.45, 7) is 2.38. The zero-order valence-electron chi connectivity index (χ0n) is 17.2. The molecule has 2 aromatic rings. The monoisotopic (exact) mass is 464 g/mol. The maximum Gasteiger partial charge on any atom is 0.310 e. The molecule has 0 spiro atoms. The minimum Gasteiger partial charge on any atom is -0.466 e. The molecule has 11 heteroatoms. The summed E-state index contributed by atoms with van der Waals surface area (Å²) in [6.07, 6.45) is 1.13. The van der Waals surface area contributed by atoms with Crippen LogP contribution in [0, 0.1) is 21.8 Å². The Morgan fingerprint density at radius 1 is 1.22 bits per heavy atom. The number of rotatable bonds is 6. The van der Waals surface area contributed by atoms with E-state index in [1.165, 1.54) is 11.0 Å². The number of piperidine rings is 1. The van der Waals surface area contributed by atoms with Gasteiger partial charge in [-0.3, -0.25) is 19.7 Å². The van der Waals surface area contributed by atoms with Crippen LogP contribution in [0.4, 0.5) is 10.1 Å². The van der Waals surface area contributed by atoms with Crippen LogP contribution < -0.4 is 0 Å². The number of likely N-dealkylation sites (tertiary alicyclic amines) is 1. The van der Waals surface area contributed by atoms with Crippen LogP contribution in [-0.4, -0.2) is 49.8 Å². The highest BCUT2D eigenvalue weighted by Gasteiger charge is 2.32. The highest BCUT2D eigenvalue weighted by atomic mass is 32.2. The molecule has 1 saturated heterocycles. The normalized spacial score (nSPS) is 16.4. The molecular weight excluding hydrogens is 443 g/mol. The van der Waals surface area contributed by atoms with E-state index in [-0.39, 0.29) is 23.6 Å². The van der Waals surface area contributed by atoms with Crippen LogP contribution in [0.1, 0.15) is 30.1 Å². The molecule has 0 aromatic heterocycles. The summed E-state index contributed by atoms with van der Waals surface area (Å²) in [6, 6.07) is 7.00. The van der Waals surface area contributed by atoms with Crippen LogP contribution >= 0.6 is 0 Å². The van der Waals surface area contributed by atoms with Crippen LogP contribution in [0.25, 0.3) is 0 Å². The largest absolute Gasteiger partial charge is 0.466 e. The predicted octanol–water partition coefficient (Wildman–Crippen LogP) is 2.98. The minimum atomic E-state index is -4.32. The third-order valence-corrected chi connectivity index (χ3v) is 6.96. The van der Waals surface area contributed by atoms with Gasteiger partial charge in [0.05, 0.1) is 22.3 Å². The van der Waals surface area contributed by atoms with Crippen molar-refractivity contribution in [2.24, 2.45) is 5.92 Å². The fourth-order valence-corrected chi connectivity index (χ4v) is 4.96. The molecule has 0 N–H and O–H groups in total. The lowest BCUT2D eigenvalue weighted by molar-refractivity contribution is -0.387. The zero-order valence-corrected chi connectivity index (χ0v) is 18.0. The van der Waals surface area contributed by atoms with Gasteiger partial charge in [0.1, 0.15) is 10.7 Å². The first-order valence-corrected chi connectivity index (χ1v) is 11.4.